The number of fused-ring (bicyclic) bond motifs is 3. The topological polar surface area (TPSA) is 39.2 Å². The monoisotopic (exact) mass is 407 g/mol. The fourth-order valence-corrected chi connectivity index (χ4v) is 6.02. The SMILES string of the molecule is O=C1C[C@H]2[C@@H]3CCCC[C@H]3[C@H](/C=C/c3ccc(-c4ccccc4Cl)cn3)C[C@H]2O1. The molecule has 3 fully saturated rings. The zero-order valence-electron chi connectivity index (χ0n) is 16.5. The summed E-state index contributed by atoms with van der Waals surface area (Å²) >= 11 is 6.30. The summed E-state index contributed by atoms with van der Waals surface area (Å²) in [5, 5.41) is 0.740. The van der Waals surface area contributed by atoms with E-state index in [4.69, 9.17) is 16.3 Å². The Morgan fingerprint density at radius 3 is 2.66 bits per heavy atom. The number of carbonyl (C=O) groups is 1. The van der Waals surface area contributed by atoms with Crippen LogP contribution in [0.5, 0.6) is 0 Å². The molecule has 1 aromatic carbocycles. The molecule has 0 amide bonds. The van der Waals surface area contributed by atoms with E-state index in [-0.39, 0.29) is 12.1 Å². The third-order valence-corrected chi connectivity index (χ3v) is 7.46. The third kappa shape index (κ3) is 3.73. The molecule has 0 radical (unpaired) electrons. The molecule has 2 heterocycles. The maximum Gasteiger partial charge on any atom is 0.306 e. The Morgan fingerprint density at radius 2 is 1.86 bits per heavy atom. The van der Waals surface area contributed by atoms with Gasteiger partial charge in [0.2, 0.25) is 0 Å². The molecule has 5 atom stereocenters. The van der Waals surface area contributed by atoms with Crippen LogP contribution in [0.15, 0.2) is 48.7 Å². The van der Waals surface area contributed by atoms with E-state index in [1.165, 1.54) is 25.7 Å². The molecular formula is C25H26ClNO2. The first-order chi connectivity index (χ1) is 14.2. The normalized spacial score (nSPS) is 31.3. The van der Waals surface area contributed by atoms with E-state index < -0.39 is 0 Å². The first-order valence-corrected chi connectivity index (χ1v) is 11.2. The number of aromatic nitrogens is 1. The lowest BCUT2D eigenvalue weighted by Crippen LogP contribution is -2.42. The molecular weight excluding hydrogens is 382 g/mol. The summed E-state index contributed by atoms with van der Waals surface area (Å²) in [6, 6.07) is 12.0. The predicted octanol–water partition coefficient (Wildman–Crippen LogP) is 6.17. The highest BCUT2D eigenvalue weighted by Crippen LogP contribution is 2.51. The first-order valence-electron chi connectivity index (χ1n) is 10.8. The van der Waals surface area contributed by atoms with Gasteiger partial charge in [0.25, 0.3) is 0 Å². The molecule has 0 N–H and O–H groups in total. The van der Waals surface area contributed by atoms with Gasteiger partial charge in [-0.25, -0.2) is 0 Å². The highest BCUT2D eigenvalue weighted by Gasteiger charge is 2.49. The molecule has 1 saturated heterocycles. The maximum atomic E-state index is 11.9. The van der Waals surface area contributed by atoms with Crippen molar-refractivity contribution in [2.45, 2.75) is 44.6 Å². The molecule has 4 heteroatoms. The zero-order chi connectivity index (χ0) is 19.8. The van der Waals surface area contributed by atoms with Crippen LogP contribution in [0.25, 0.3) is 17.2 Å². The Kier molecular flexibility index (Phi) is 5.17. The molecule has 2 aliphatic carbocycles. The average Bonchev–Trinajstić information content (AvgIpc) is 3.13. The molecule has 0 unspecified atom stereocenters. The molecule has 29 heavy (non-hydrogen) atoms. The van der Waals surface area contributed by atoms with E-state index in [9.17, 15) is 4.79 Å². The number of ether oxygens (including phenoxy) is 1. The van der Waals surface area contributed by atoms with Crippen LogP contribution in [0.2, 0.25) is 5.02 Å². The van der Waals surface area contributed by atoms with E-state index >= 15 is 0 Å². The smallest absolute Gasteiger partial charge is 0.306 e. The van der Waals surface area contributed by atoms with E-state index in [1.54, 1.807) is 0 Å². The quantitative estimate of drug-likeness (QED) is 0.571. The van der Waals surface area contributed by atoms with Crippen LogP contribution in [0.3, 0.4) is 0 Å². The fraction of sp³-hybridized carbons (Fsp3) is 0.440. The van der Waals surface area contributed by atoms with Crippen molar-refractivity contribution in [3.8, 4) is 11.1 Å². The van der Waals surface area contributed by atoms with Gasteiger partial charge in [-0.15, -0.1) is 0 Å². The Labute approximate surface area is 177 Å². The van der Waals surface area contributed by atoms with Gasteiger partial charge in [0.05, 0.1) is 12.1 Å². The van der Waals surface area contributed by atoms with Gasteiger partial charge in [-0.3, -0.25) is 9.78 Å². The Balaban J connectivity index is 1.34. The largest absolute Gasteiger partial charge is 0.462 e. The number of rotatable bonds is 3. The van der Waals surface area contributed by atoms with Crippen LogP contribution in [-0.4, -0.2) is 17.1 Å². The van der Waals surface area contributed by atoms with Gasteiger partial charge in [-0.05, 0) is 55.2 Å². The Morgan fingerprint density at radius 1 is 1.03 bits per heavy atom. The van der Waals surface area contributed by atoms with Crippen molar-refractivity contribution in [2.24, 2.45) is 23.7 Å². The minimum absolute atomic E-state index is 0.00535. The van der Waals surface area contributed by atoms with Crippen molar-refractivity contribution in [2.75, 3.05) is 0 Å². The number of hydrogen-bond donors (Lipinski definition) is 0. The summed E-state index contributed by atoms with van der Waals surface area (Å²) in [5.74, 6) is 2.24. The summed E-state index contributed by atoms with van der Waals surface area (Å²) < 4.78 is 5.67. The van der Waals surface area contributed by atoms with Gasteiger partial charge in [-0.2, -0.15) is 0 Å². The second kappa shape index (κ2) is 7.95. The summed E-state index contributed by atoms with van der Waals surface area (Å²) in [7, 11) is 0. The van der Waals surface area contributed by atoms with Crippen molar-refractivity contribution >= 4 is 23.6 Å². The van der Waals surface area contributed by atoms with Crippen LogP contribution < -0.4 is 0 Å². The number of hydrogen-bond acceptors (Lipinski definition) is 3. The summed E-state index contributed by atoms with van der Waals surface area (Å²) in [6.07, 6.45) is 13.2. The number of halogens is 1. The summed E-state index contributed by atoms with van der Waals surface area (Å²) in [5.41, 5.74) is 2.99. The van der Waals surface area contributed by atoms with Gasteiger partial charge >= 0.3 is 5.97 Å². The molecule has 3 aliphatic rings. The molecule has 2 aromatic rings. The van der Waals surface area contributed by atoms with Crippen molar-refractivity contribution in [3.05, 3.63) is 59.4 Å². The second-order valence-corrected chi connectivity index (χ2v) is 9.13. The van der Waals surface area contributed by atoms with Crippen LogP contribution in [0, 0.1) is 23.7 Å². The molecule has 1 aliphatic heterocycles. The number of nitrogens with zero attached hydrogens (tertiary/aromatic N) is 1. The van der Waals surface area contributed by atoms with Gasteiger partial charge < -0.3 is 4.74 Å². The number of pyridine rings is 1. The second-order valence-electron chi connectivity index (χ2n) is 8.72. The molecule has 0 spiro atoms. The molecule has 2 saturated carbocycles. The van der Waals surface area contributed by atoms with E-state index in [1.807, 2.05) is 30.5 Å². The number of carbonyl (C=O) groups excluding carboxylic acids is 1. The fourth-order valence-electron chi connectivity index (χ4n) is 5.77. The number of allylic oxidation sites excluding steroid dienone is 1. The summed E-state index contributed by atoms with van der Waals surface area (Å²) in [4.78, 5) is 16.5. The molecule has 5 rings (SSSR count). The summed E-state index contributed by atoms with van der Waals surface area (Å²) in [6.45, 7) is 0. The lowest BCUT2D eigenvalue weighted by atomic mass is 9.60. The zero-order valence-corrected chi connectivity index (χ0v) is 17.2. The van der Waals surface area contributed by atoms with Crippen LogP contribution in [0.4, 0.5) is 0 Å². The molecule has 150 valence electrons. The Hall–Kier alpha value is -2.13. The molecule has 0 bridgehead atoms. The van der Waals surface area contributed by atoms with Crippen molar-refractivity contribution in [1.29, 1.82) is 0 Å². The average molecular weight is 408 g/mol. The van der Waals surface area contributed by atoms with Crippen LogP contribution >= 0.6 is 11.6 Å². The number of benzene rings is 1. The molecule has 1 aromatic heterocycles. The van der Waals surface area contributed by atoms with Crippen molar-refractivity contribution in [1.82, 2.24) is 4.98 Å². The van der Waals surface area contributed by atoms with Gasteiger partial charge in [0.15, 0.2) is 0 Å². The highest BCUT2D eigenvalue weighted by molar-refractivity contribution is 6.33. The van der Waals surface area contributed by atoms with E-state index in [0.29, 0.717) is 30.1 Å². The standard InChI is InChI=1S/C25H26ClNO2/c26-23-8-4-3-6-20(23)17-10-12-18(27-15-17)11-9-16-13-24-22(14-25(28)29-24)21-7-2-1-5-19(16)21/h3-4,6,8-12,15-16,19,21-22,24H,1-2,5,7,13-14H2/b11-9+/t16-,19+,21-,22+,24-/m1/s1. The van der Waals surface area contributed by atoms with Gasteiger partial charge in [0, 0.05) is 28.3 Å². The predicted molar refractivity (Wildman–Crippen MR) is 115 cm³/mol. The first kappa shape index (κ1) is 18.9. The van der Waals surface area contributed by atoms with Crippen molar-refractivity contribution < 1.29 is 9.53 Å². The Bertz CT molecular complexity index is 923. The number of esters is 1. The minimum Gasteiger partial charge on any atom is -0.462 e. The van der Waals surface area contributed by atoms with Crippen LogP contribution in [-0.2, 0) is 9.53 Å². The minimum atomic E-state index is 0.00535. The third-order valence-electron chi connectivity index (χ3n) is 7.13. The highest BCUT2D eigenvalue weighted by atomic mass is 35.5. The molecule has 3 nitrogen and oxygen atoms in total. The lowest BCUT2D eigenvalue weighted by molar-refractivity contribution is -0.143. The van der Waals surface area contributed by atoms with Gasteiger partial charge in [-0.1, -0.05) is 54.8 Å². The van der Waals surface area contributed by atoms with Crippen molar-refractivity contribution in [3.63, 3.8) is 0 Å². The maximum absolute atomic E-state index is 11.9. The van der Waals surface area contributed by atoms with E-state index in [2.05, 4.69) is 29.3 Å². The van der Waals surface area contributed by atoms with E-state index in [0.717, 1.165) is 28.3 Å². The van der Waals surface area contributed by atoms with Crippen LogP contribution in [0.1, 0.15) is 44.2 Å². The lowest BCUT2D eigenvalue weighted by Gasteiger charge is -2.45. The van der Waals surface area contributed by atoms with Gasteiger partial charge in [0.1, 0.15) is 6.10 Å².